The van der Waals surface area contributed by atoms with Gasteiger partial charge in [0, 0.05) is 12.5 Å². The summed E-state index contributed by atoms with van der Waals surface area (Å²) in [6.45, 7) is 10.1. The summed E-state index contributed by atoms with van der Waals surface area (Å²) in [6, 6.07) is -1.43. The van der Waals surface area contributed by atoms with Crippen molar-refractivity contribution in [1.29, 1.82) is 0 Å². The van der Waals surface area contributed by atoms with E-state index in [1.165, 1.54) is 6.42 Å². The fraction of sp³-hybridized carbons (Fsp3) is 0.769. The first-order valence-electron chi connectivity index (χ1n) is 12.9. The van der Waals surface area contributed by atoms with Crippen molar-refractivity contribution < 1.29 is 19.2 Å². The fourth-order valence-electron chi connectivity index (χ4n) is 4.49. The average molecular weight is 464 g/mol. The van der Waals surface area contributed by atoms with Crippen molar-refractivity contribution >= 4 is 23.4 Å². The molecule has 7 heteroatoms. The van der Waals surface area contributed by atoms with Gasteiger partial charge >= 0.3 is 0 Å². The van der Waals surface area contributed by atoms with Crippen molar-refractivity contribution in [2.24, 2.45) is 17.6 Å². The lowest BCUT2D eigenvalue weighted by Gasteiger charge is -2.28. The van der Waals surface area contributed by atoms with Crippen LogP contribution in [-0.4, -0.2) is 42.0 Å². The van der Waals surface area contributed by atoms with Crippen LogP contribution in [0.2, 0.25) is 0 Å². The number of rotatable bonds is 16. The Hall–Kier alpha value is -2.02. The van der Waals surface area contributed by atoms with Gasteiger partial charge < -0.3 is 16.4 Å². The maximum absolute atomic E-state index is 13.2. The Morgan fingerprint density at radius 1 is 0.939 bits per heavy atom. The van der Waals surface area contributed by atoms with Crippen LogP contribution in [0, 0.1) is 11.8 Å². The SMILES string of the molecule is C=C(C[C@@H](CCCC)C(=O)N[C@H](CCCC)C(=O)C(=O)NCC)C(=O)[C@@H](N)C1CCCCC1. The van der Waals surface area contributed by atoms with Crippen molar-refractivity contribution in [1.82, 2.24) is 10.6 Å². The van der Waals surface area contributed by atoms with Gasteiger partial charge in [0.15, 0.2) is 5.78 Å². The summed E-state index contributed by atoms with van der Waals surface area (Å²) in [6.07, 6.45) is 9.80. The van der Waals surface area contributed by atoms with Crippen molar-refractivity contribution in [3.05, 3.63) is 12.2 Å². The first-order valence-corrected chi connectivity index (χ1v) is 12.9. The van der Waals surface area contributed by atoms with Gasteiger partial charge in [0.05, 0.1) is 12.1 Å². The van der Waals surface area contributed by atoms with Crippen LogP contribution in [0.15, 0.2) is 12.2 Å². The van der Waals surface area contributed by atoms with Crippen LogP contribution in [0.5, 0.6) is 0 Å². The molecule has 0 radical (unpaired) electrons. The first-order chi connectivity index (χ1) is 15.8. The highest BCUT2D eigenvalue weighted by molar-refractivity contribution is 6.38. The van der Waals surface area contributed by atoms with Crippen LogP contribution in [0.4, 0.5) is 0 Å². The van der Waals surface area contributed by atoms with Crippen LogP contribution in [0.25, 0.3) is 0 Å². The Morgan fingerprint density at radius 2 is 1.55 bits per heavy atom. The van der Waals surface area contributed by atoms with Gasteiger partial charge in [-0.05, 0) is 50.5 Å². The van der Waals surface area contributed by atoms with Crippen LogP contribution in [0.1, 0.15) is 97.8 Å². The highest BCUT2D eigenvalue weighted by atomic mass is 16.2. The molecular formula is C26H45N3O4. The third-order valence-corrected chi connectivity index (χ3v) is 6.62. The first kappa shape index (κ1) is 29.0. The second kappa shape index (κ2) is 15.8. The summed E-state index contributed by atoms with van der Waals surface area (Å²) in [5.74, 6) is -2.06. The van der Waals surface area contributed by atoms with Crippen LogP contribution >= 0.6 is 0 Å². The summed E-state index contributed by atoms with van der Waals surface area (Å²) in [4.78, 5) is 50.8. The van der Waals surface area contributed by atoms with Gasteiger partial charge in [-0.1, -0.05) is 65.4 Å². The molecule has 33 heavy (non-hydrogen) atoms. The molecule has 1 saturated carbocycles. The van der Waals surface area contributed by atoms with E-state index in [0.717, 1.165) is 51.4 Å². The van der Waals surface area contributed by atoms with Gasteiger partial charge in [0.2, 0.25) is 11.7 Å². The molecule has 1 aliphatic rings. The number of likely N-dealkylation sites (N-methyl/N-ethyl adjacent to an activating group) is 1. The maximum atomic E-state index is 13.2. The third-order valence-electron chi connectivity index (χ3n) is 6.62. The zero-order valence-corrected chi connectivity index (χ0v) is 20.9. The summed E-state index contributed by atoms with van der Waals surface area (Å²) in [5, 5.41) is 5.32. The van der Waals surface area contributed by atoms with Gasteiger partial charge in [0.25, 0.3) is 5.91 Å². The molecule has 1 rings (SSSR count). The molecule has 0 aromatic carbocycles. The molecule has 0 aromatic rings. The molecule has 0 spiro atoms. The number of nitrogens with one attached hydrogen (secondary N) is 2. The predicted octanol–water partition coefficient (Wildman–Crippen LogP) is 3.60. The Balaban J connectivity index is 2.87. The van der Waals surface area contributed by atoms with Crippen LogP contribution in [0.3, 0.4) is 0 Å². The number of ketones is 2. The number of Topliss-reactive ketones (excluding diaryl/α,β-unsaturated/α-hetero) is 2. The Morgan fingerprint density at radius 3 is 2.12 bits per heavy atom. The zero-order chi connectivity index (χ0) is 24.8. The molecule has 0 unspecified atom stereocenters. The molecule has 4 N–H and O–H groups in total. The normalized spacial score (nSPS) is 17.0. The van der Waals surface area contributed by atoms with Crippen molar-refractivity contribution in [2.75, 3.05) is 6.54 Å². The lowest BCUT2D eigenvalue weighted by molar-refractivity contribution is -0.140. The lowest BCUT2D eigenvalue weighted by Crippen LogP contribution is -2.49. The summed E-state index contributed by atoms with van der Waals surface area (Å²) in [7, 11) is 0. The molecule has 0 saturated heterocycles. The molecular weight excluding hydrogens is 418 g/mol. The number of unbranched alkanes of at least 4 members (excludes halogenated alkanes) is 2. The molecule has 0 aromatic heterocycles. The number of hydrogen-bond acceptors (Lipinski definition) is 5. The molecule has 1 fully saturated rings. The number of carbonyl (C=O) groups excluding carboxylic acids is 4. The van der Waals surface area contributed by atoms with Crippen molar-refractivity contribution in [3.8, 4) is 0 Å². The van der Waals surface area contributed by atoms with Gasteiger partial charge in [-0.2, -0.15) is 0 Å². The van der Waals surface area contributed by atoms with E-state index in [-0.39, 0.29) is 24.0 Å². The van der Waals surface area contributed by atoms with Crippen LogP contribution in [-0.2, 0) is 19.2 Å². The van der Waals surface area contributed by atoms with E-state index >= 15 is 0 Å². The minimum Gasteiger partial charge on any atom is -0.350 e. The summed E-state index contributed by atoms with van der Waals surface area (Å²) < 4.78 is 0. The second-order valence-corrected chi connectivity index (χ2v) is 9.36. The number of nitrogens with two attached hydrogens (primary N) is 1. The Bertz CT molecular complexity index is 670. The summed E-state index contributed by atoms with van der Waals surface area (Å²) in [5.41, 5.74) is 6.66. The average Bonchev–Trinajstić information content (AvgIpc) is 2.83. The van der Waals surface area contributed by atoms with E-state index in [0.29, 0.717) is 25.0 Å². The minimum absolute atomic E-state index is 0.155. The standard InChI is InChI=1S/C26H45N3O4/c1-5-8-13-20(17-18(4)23(30)22(27)19-14-11-10-12-15-19)25(32)29-21(16-9-6-2)24(31)26(33)28-7-3/h19-22H,4-17,27H2,1-3H3,(H,28,33)(H,29,32)/t20-,21-,22+/m1/s1. The van der Waals surface area contributed by atoms with E-state index in [2.05, 4.69) is 17.2 Å². The molecule has 188 valence electrons. The largest absolute Gasteiger partial charge is 0.350 e. The van der Waals surface area contributed by atoms with Gasteiger partial charge in [0.1, 0.15) is 0 Å². The van der Waals surface area contributed by atoms with Crippen LogP contribution < -0.4 is 16.4 Å². The third kappa shape index (κ3) is 9.78. The number of hydrogen-bond donors (Lipinski definition) is 3. The van der Waals surface area contributed by atoms with Crippen molar-refractivity contribution in [3.63, 3.8) is 0 Å². The van der Waals surface area contributed by atoms with Gasteiger partial charge in [-0.3, -0.25) is 19.2 Å². The smallest absolute Gasteiger partial charge is 0.289 e. The zero-order valence-electron chi connectivity index (χ0n) is 20.9. The summed E-state index contributed by atoms with van der Waals surface area (Å²) >= 11 is 0. The lowest BCUT2D eigenvalue weighted by atomic mass is 9.80. The molecule has 3 atom stereocenters. The molecule has 2 amide bonds. The number of carbonyl (C=O) groups is 4. The highest BCUT2D eigenvalue weighted by Gasteiger charge is 2.32. The quantitative estimate of drug-likeness (QED) is 0.239. The van der Waals surface area contributed by atoms with E-state index in [4.69, 9.17) is 5.73 Å². The minimum atomic E-state index is -0.860. The van der Waals surface area contributed by atoms with E-state index in [9.17, 15) is 19.2 Å². The predicted molar refractivity (Wildman–Crippen MR) is 131 cm³/mol. The molecule has 0 bridgehead atoms. The van der Waals surface area contributed by atoms with E-state index in [1.54, 1.807) is 6.92 Å². The van der Waals surface area contributed by atoms with Gasteiger partial charge in [-0.15, -0.1) is 0 Å². The maximum Gasteiger partial charge on any atom is 0.289 e. The van der Waals surface area contributed by atoms with E-state index < -0.39 is 29.7 Å². The van der Waals surface area contributed by atoms with Gasteiger partial charge in [-0.25, -0.2) is 0 Å². The van der Waals surface area contributed by atoms with E-state index in [1.807, 2.05) is 13.8 Å². The Kier molecular flexibility index (Phi) is 13.8. The molecule has 0 heterocycles. The van der Waals surface area contributed by atoms with Crippen molar-refractivity contribution in [2.45, 2.75) is 110 Å². The monoisotopic (exact) mass is 463 g/mol. The molecule has 7 nitrogen and oxygen atoms in total. The topological polar surface area (TPSA) is 118 Å². The molecule has 1 aliphatic carbocycles. The second-order valence-electron chi connectivity index (χ2n) is 9.36. The molecule has 0 aliphatic heterocycles. The fourth-order valence-corrected chi connectivity index (χ4v) is 4.49. The highest BCUT2D eigenvalue weighted by Crippen LogP contribution is 2.28. The Labute approximate surface area is 199 Å². The number of amides is 2.